The quantitative estimate of drug-likeness (QED) is 0.771. The Morgan fingerprint density at radius 2 is 1.92 bits per heavy atom. The largest absolute Gasteiger partial charge is 0.573 e. The van der Waals surface area contributed by atoms with Crippen molar-refractivity contribution in [1.82, 2.24) is 0 Å². The van der Waals surface area contributed by atoms with Gasteiger partial charge < -0.3 is 9.64 Å². The first-order valence-corrected chi connectivity index (χ1v) is 8.16. The summed E-state index contributed by atoms with van der Waals surface area (Å²) < 4.78 is 41.2. The third kappa shape index (κ3) is 4.02. The highest BCUT2D eigenvalue weighted by Crippen LogP contribution is 2.30. The fourth-order valence-electron chi connectivity index (χ4n) is 3.15. The maximum Gasteiger partial charge on any atom is 0.573 e. The van der Waals surface area contributed by atoms with E-state index in [2.05, 4.69) is 34.8 Å². The standard InChI is InChI=1S/C19H20F3NO/c1-2-4-14-7-8-16-13-23(10-9-15(16)11-14)17-5-3-6-18(12-17)24-19(20,21)22/h3,5-8,11-12H,2,4,9-10,13H2,1H3. The summed E-state index contributed by atoms with van der Waals surface area (Å²) in [4.78, 5) is 2.09. The molecule has 2 nitrogen and oxygen atoms in total. The fraction of sp³-hybridized carbons (Fsp3) is 0.368. The molecule has 5 heteroatoms. The Kier molecular flexibility index (Phi) is 4.69. The maximum atomic E-state index is 12.4. The normalized spacial score (nSPS) is 14.4. The van der Waals surface area contributed by atoms with E-state index < -0.39 is 6.36 Å². The Labute approximate surface area is 139 Å². The van der Waals surface area contributed by atoms with Crippen LogP contribution < -0.4 is 9.64 Å². The third-order valence-corrected chi connectivity index (χ3v) is 4.24. The van der Waals surface area contributed by atoms with Crippen LogP contribution in [0.25, 0.3) is 0 Å². The Balaban J connectivity index is 1.77. The lowest BCUT2D eigenvalue weighted by Gasteiger charge is -2.31. The highest BCUT2D eigenvalue weighted by atomic mass is 19.4. The second kappa shape index (κ2) is 6.75. The van der Waals surface area contributed by atoms with Crippen molar-refractivity contribution in [2.45, 2.75) is 39.1 Å². The molecule has 1 heterocycles. The second-order valence-electron chi connectivity index (χ2n) is 6.07. The van der Waals surface area contributed by atoms with Crippen molar-refractivity contribution in [3.8, 4) is 5.75 Å². The SMILES string of the molecule is CCCc1ccc2c(c1)CCN(c1cccc(OC(F)(F)F)c1)C2. The molecule has 0 amide bonds. The molecule has 24 heavy (non-hydrogen) atoms. The second-order valence-corrected chi connectivity index (χ2v) is 6.07. The van der Waals surface area contributed by atoms with Gasteiger partial charge in [-0.15, -0.1) is 13.2 Å². The maximum absolute atomic E-state index is 12.4. The van der Waals surface area contributed by atoms with Gasteiger partial charge in [0.1, 0.15) is 5.75 Å². The minimum Gasteiger partial charge on any atom is -0.406 e. The molecule has 1 aliphatic heterocycles. The molecule has 0 unspecified atom stereocenters. The average molecular weight is 335 g/mol. The van der Waals surface area contributed by atoms with E-state index in [-0.39, 0.29) is 5.75 Å². The molecular formula is C19H20F3NO. The summed E-state index contributed by atoms with van der Waals surface area (Å²) in [7, 11) is 0. The molecule has 128 valence electrons. The highest BCUT2D eigenvalue weighted by Gasteiger charge is 2.31. The van der Waals surface area contributed by atoms with Crippen LogP contribution in [-0.2, 0) is 19.4 Å². The van der Waals surface area contributed by atoms with Gasteiger partial charge in [-0.3, -0.25) is 0 Å². The summed E-state index contributed by atoms with van der Waals surface area (Å²) in [6, 6.07) is 12.7. The first-order valence-electron chi connectivity index (χ1n) is 8.16. The van der Waals surface area contributed by atoms with Crippen molar-refractivity contribution >= 4 is 5.69 Å². The smallest absolute Gasteiger partial charge is 0.406 e. The van der Waals surface area contributed by atoms with Crippen molar-refractivity contribution < 1.29 is 17.9 Å². The van der Waals surface area contributed by atoms with E-state index in [9.17, 15) is 13.2 Å². The molecule has 3 rings (SSSR count). The van der Waals surface area contributed by atoms with Gasteiger partial charge in [-0.1, -0.05) is 37.6 Å². The molecule has 0 radical (unpaired) electrons. The summed E-state index contributed by atoms with van der Waals surface area (Å²) in [6.07, 6.45) is -1.56. The topological polar surface area (TPSA) is 12.5 Å². The number of ether oxygens (including phenoxy) is 1. The zero-order chi connectivity index (χ0) is 17.2. The van der Waals surface area contributed by atoms with Crippen LogP contribution >= 0.6 is 0 Å². The van der Waals surface area contributed by atoms with E-state index in [1.54, 1.807) is 6.07 Å². The zero-order valence-electron chi connectivity index (χ0n) is 13.6. The Morgan fingerprint density at radius 1 is 1.08 bits per heavy atom. The molecule has 0 saturated heterocycles. The van der Waals surface area contributed by atoms with Crippen LogP contribution in [0.15, 0.2) is 42.5 Å². The van der Waals surface area contributed by atoms with Gasteiger partial charge >= 0.3 is 6.36 Å². The predicted octanol–water partition coefficient (Wildman–Crippen LogP) is 5.10. The first-order chi connectivity index (χ1) is 11.4. The number of fused-ring (bicyclic) bond motifs is 1. The van der Waals surface area contributed by atoms with Gasteiger partial charge in [-0.05, 0) is 41.7 Å². The van der Waals surface area contributed by atoms with Gasteiger partial charge in [-0.25, -0.2) is 0 Å². The Morgan fingerprint density at radius 3 is 2.67 bits per heavy atom. The average Bonchev–Trinajstić information content (AvgIpc) is 2.53. The number of aryl methyl sites for hydroxylation is 1. The van der Waals surface area contributed by atoms with Gasteiger partial charge in [-0.2, -0.15) is 0 Å². The van der Waals surface area contributed by atoms with Gasteiger partial charge in [0.25, 0.3) is 0 Å². The summed E-state index contributed by atoms with van der Waals surface area (Å²) in [5, 5.41) is 0. The van der Waals surface area contributed by atoms with Crippen LogP contribution in [0, 0.1) is 0 Å². The molecule has 2 aromatic carbocycles. The monoisotopic (exact) mass is 335 g/mol. The molecule has 0 N–H and O–H groups in total. The molecule has 0 spiro atoms. The minimum absolute atomic E-state index is 0.177. The van der Waals surface area contributed by atoms with Gasteiger partial charge in [0.2, 0.25) is 0 Å². The van der Waals surface area contributed by atoms with Gasteiger partial charge in [0.05, 0.1) is 0 Å². The summed E-state index contributed by atoms with van der Waals surface area (Å²) in [5.74, 6) is -0.177. The van der Waals surface area contributed by atoms with Crippen molar-refractivity contribution in [2.75, 3.05) is 11.4 Å². The number of hydrogen-bond acceptors (Lipinski definition) is 2. The fourth-order valence-corrected chi connectivity index (χ4v) is 3.15. The van der Waals surface area contributed by atoms with E-state index >= 15 is 0 Å². The first kappa shape index (κ1) is 16.7. The predicted molar refractivity (Wildman–Crippen MR) is 88.3 cm³/mol. The summed E-state index contributed by atoms with van der Waals surface area (Å²) in [5.41, 5.74) is 4.69. The summed E-state index contributed by atoms with van der Waals surface area (Å²) in [6.45, 7) is 3.66. The van der Waals surface area contributed by atoms with Crippen molar-refractivity contribution in [3.63, 3.8) is 0 Å². The van der Waals surface area contributed by atoms with Crippen molar-refractivity contribution in [3.05, 3.63) is 59.2 Å². The third-order valence-electron chi connectivity index (χ3n) is 4.24. The molecule has 0 aliphatic carbocycles. The molecule has 0 atom stereocenters. The molecule has 2 aromatic rings. The van der Waals surface area contributed by atoms with Crippen LogP contribution in [-0.4, -0.2) is 12.9 Å². The molecule has 1 aliphatic rings. The molecular weight excluding hydrogens is 315 g/mol. The molecule has 0 saturated carbocycles. The number of halogens is 3. The molecule has 0 aromatic heterocycles. The minimum atomic E-state index is -4.66. The van der Waals surface area contributed by atoms with E-state index in [1.807, 2.05) is 6.07 Å². The lowest BCUT2D eigenvalue weighted by molar-refractivity contribution is -0.274. The van der Waals surface area contributed by atoms with Crippen LogP contribution in [0.5, 0.6) is 5.75 Å². The van der Waals surface area contributed by atoms with Crippen molar-refractivity contribution in [2.24, 2.45) is 0 Å². The van der Waals surface area contributed by atoms with Crippen LogP contribution in [0.2, 0.25) is 0 Å². The lowest BCUT2D eigenvalue weighted by Crippen LogP contribution is -2.30. The van der Waals surface area contributed by atoms with Crippen molar-refractivity contribution in [1.29, 1.82) is 0 Å². The van der Waals surface area contributed by atoms with E-state index in [1.165, 1.54) is 28.8 Å². The molecule has 0 fully saturated rings. The number of alkyl halides is 3. The van der Waals surface area contributed by atoms with Crippen LogP contribution in [0.1, 0.15) is 30.0 Å². The Bertz CT molecular complexity index is 712. The Hall–Kier alpha value is -2.17. The van der Waals surface area contributed by atoms with E-state index in [0.717, 1.165) is 31.5 Å². The number of hydrogen-bond donors (Lipinski definition) is 0. The number of nitrogens with zero attached hydrogens (tertiary/aromatic N) is 1. The van der Waals surface area contributed by atoms with Gasteiger partial charge in [0.15, 0.2) is 0 Å². The zero-order valence-corrected chi connectivity index (χ0v) is 13.6. The van der Waals surface area contributed by atoms with Gasteiger partial charge in [0, 0.05) is 24.8 Å². The highest BCUT2D eigenvalue weighted by molar-refractivity contribution is 5.53. The molecule has 0 bridgehead atoms. The number of anilines is 1. The van der Waals surface area contributed by atoms with Crippen LogP contribution in [0.3, 0.4) is 0 Å². The van der Waals surface area contributed by atoms with Crippen LogP contribution in [0.4, 0.5) is 18.9 Å². The van der Waals surface area contributed by atoms with E-state index in [4.69, 9.17) is 0 Å². The lowest BCUT2D eigenvalue weighted by atomic mass is 9.95. The summed E-state index contributed by atoms with van der Waals surface area (Å²) >= 11 is 0. The number of benzene rings is 2. The number of rotatable bonds is 4. The van der Waals surface area contributed by atoms with E-state index in [0.29, 0.717) is 6.54 Å².